The molecule has 1 aliphatic carbocycles. The van der Waals surface area contributed by atoms with Crippen molar-refractivity contribution in [2.45, 2.75) is 44.8 Å². The van der Waals surface area contributed by atoms with E-state index >= 15 is 0 Å². The lowest BCUT2D eigenvalue weighted by Gasteiger charge is -2.31. The molecule has 120 valence electrons. The minimum atomic E-state index is 0.232. The van der Waals surface area contributed by atoms with Crippen LogP contribution in [0.25, 0.3) is 0 Å². The monoisotopic (exact) mass is 310 g/mol. The van der Waals surface area contributed by atoms with Gasteiger partial charge in [0.15, 0.2) is 11.6 Å². The predicted octanol–water partition coefficient (Wildman–Crippen LogP) is 3.96. The molecule has 0 saturated heterocycles. The Bertz CT molecular complexity index is 624. The lowest BCUT2D eigenvalue weighted by atomic mass is 9.94. The maximum Gasteiger partial charge on any atom is 0.215 e. The summed E-state index contributed by atoms with van der Waals surface area (Å²) >= 11 is 0. The topological polar surface area (TPSA) is 42.4 Å². The van der Waals surface area contributed by atoms with Crippen LogP contribution in [-0.2, 0) is 11.4 Å². The van der Waals surface area contributed by atoms with E-state index in [9.17, 15) is 4.79 Å². The predicted molar refractivity (Wildman–Crippen MR) is 90.4 cm³/mol. The van der Waals surface area contributed by atoms with Crippen molar-refractivity contribution in [2.24, 2.45) is 0 Å². The number of aromatic nitrogens is 1. The first kappa shape index (κ1) is 15.5. The van der Waals surface area contributed by atoms with Crippen molar-refractivity contribution < 1.29 is 9.53 Å². The quantitative estimate of drug-likeness (QED) is 0.759. The maximum atomic E-state index is 11.7. The summed E-state index contributed by atoms with van der Waals surface area (Å²) in [6.45, 7) is 0.469. The van der Waals surface area contributed by atoms with Crippen LogP contribution in [0.3, 0.4) is 0 Å². The number of hydrogen-bond acceptors (Lipinski definition) is 3. The summed E-state index contributed by atoms with van der Waals surface area (Å²) in [5, 5.41) is 0. The van der Waals surface area contributed by atoms with E-state index in [1.165, 1.54) is 19.3 Å². The first-order chi connectivity index (χ1) is 11.4. The second kappa shape index (κ2) is 7.77. The molecule has 1 aromatic carbocycles. The fraction of sp³-hybridized carbons (Fsp3) is 0.368. The molecule has 1 heterocycles. The summed E-state index contributed by atoms with van der Waals surface area (Å²) in [5.74, 6) is 1.29. The number of rotatable bonds is 6. The molecule has 1 amide bonds. The number of anilines is 1. The van der Waals surface area contributed by atoms with Crippen molar-refractivity contribution >= 4 is 12.2 Å². The highest BCUT2D eigenvalue weighted by Gasteiger charge is 2.24. The van der Waals surface area contributed by atoms with Gasteiger partial charge in [-0.1, -0.05) is 49.6 Å². The Morgan fingerprint density at radius 1 is 1.09 bits per heavy atom. The molecule has 4 heteroatoms. The van der Waals surface area contributed by atoms with E-state index in [1.54, 1.807) is 11.1 Å². The van der Waals surface area contributed by atoms with Crippen LogP contribution < -0.4 is 9.64 Å². The van der Waals surface area contributed by atoms with Crippen LogP contribution in [-0.4, -0.2) is 17.4 Å². The third-order valence-corrected chi connectivity index (χ3v) is 4.31. The van der Waals surface area contributed by atoms with Gasteiger partial charge < -0.3 is 4.74 Å². The zero-order chi connectivity index (χ0) is 15.9. The number of carbonyl (C=O) groups excluding carboxylic acids is 1. The first-order valence-corrected chi connectivity index (χ1v) is 8.24. The summed E-state index contributed by atoms with van der Waals surface area (Å²) < 4.78 is 5.93. The summed E-state index contributed by atoms with van der Waals surface area (Å²) in [4.78, 5) is 17.8. The highest BCUT2D eigenvalue weighted by Crippen LogP contribution is 2.31. The Morgan fingerprint density at radius 2 is 1.87 bits per heavy atom. The molecule has 0 radical (unpaired) electrons. The van der Waals surface area contributed by atoms with Crippen molar-refractivity contribution in [1.82, 2.24) is 4.98 Å². The van der Waals surface area contributed by atoms with E-state index in [-0.39, 0.29) is 6.04 Å². The molecule has 0 unspecified atom stereocenters. The van der Waals surface area contributed by atoms with Gasteiger partial charge in [-0.15, -0.1) is 0 Å². The molecule has 1 aromatic heterocycles. The molecule has 1 saturated carbocycles. The van der Waals surface area contributed by atoms with Gasteiger partial charge in [0, 0.05) is 12.2 Å². The number of hydrogen-bond donors (Lipinski definition) is 0. The Labute approximate surface area is 137 Å². The van der Waals surface area contributed by atoms with E-state index in [2.05, 4.69) is 4.98 Å². The minimum Gasteiger partial charge on any atom is -0.485 e. The van der Waals surface area contributed by atoms with Gasteiger partial charge in [-0.25, -0.2) is 4.98 Å². The minimum absolute atomic E-state index is 0.232. The van der Waals surface area contributed by atoms with Crippen LogP contribution >= 0.6 is 0 Å². The lowest BCUT2D eigenvalue weighted by molar-refractivity contribution is -0.108. The molecule has 0 spiro atoms. The molecule has 0 atom stereocenters. The van der Waals surface area contributed by atoms with Crippen LogP contribution in [0.1, 0.15) is 37.7 Å². The van der Waals surface area contributed by atoms with Gasteiger partial charge in [0.2, 0.25) is 6.41 Å². The molecule has 23 heavy (non-hydrogen) atoms. The lowest BCUT2D eigenvalue weighted by Crippen LogP contribution is -2.36. The van der Waals surface area contributed by atoms with Crippen LogP contribution in [0.5, 0.6) is 5.75 Å². The van der Waals surface area contributed by atoms with Gasteiger partial charge in [-0.2, -0.15) is 0 Å². The second-order valence-electron chi connectivity index (χ2n) is 5.90. The number of benzene rings is 1. The summed E-state index contributed by atoms with van der Waals surface area (Å²) in [5.41, 5.74) is 1.10. The van der Waals surface area contributed by atoms with E-state index in [0.29, 0.717) is 18.2 Å². The molecular weight excluding hydrogens is 288 g/mol. The van der Waals surface area contributed by atoms with E-state index < -0.39 is 0 Å². The Balaban J connectivity index is 1.77. The molecule has 2 aromatic rings. The normalized spacial score (nSPS) is 15.1. The highest BCUT2D eigenvalue weighted by atomic mass is 16.5. The van der Waals surface area contributed by atoms with E-state index in [0.717, 1.165) is 24.8 Å². The van der Waals surface area contributed by atoms with Gasteiger partial charge in [0.25, 0.3) is 0 Å². The third-order valence-electron chi connectivity index (χ3n) is 4.31. The summed E-state index contributed by atoms with van der Waals surface area (Å²) in [6, 6.07) is 14.0. The van der Waals surface area contributed by atoms with Gasteiger partial charge in [0.05, 0.1) is 0 Å². The first-order valence-electron chi connectivity index (χ1n) is 8.24. The van der Waals surface area contributed by atoms with Crippen molar-refractivity contribution in [3.8, 4) is 5.75 Å². The second-order valence-corrected chi connectivity index (χ2v) is 5.90. The molecular formula is C19H22N2O2. The number of ether oxygens (including phenoxy) is 1. The Hall–Kier alpha value is -2.36. The molecule has 0 bridgehead atoms. The molecule has 3 rings (SSSR count). The molecule has 0 aliphatic heterocycles. The van der Waals surface area contributed by atoms with Gasteiger partial charge >= 0.3 is 0 Å². The van der Waals surface area contributed by atoms with Crippen molar-refractivity contribution in [2.75, 3.05) is 4.90 Å². The number of amides is 1. The van der Waals surface area contributed by atoms with Crippen LogP contribution in [0.2, 0.25) is 0 Å². The fourth-order valence-electron chi connectivity index (χ4n) is 3.09. The Kier molecular flexibility index (Phi) is 5.25. The molecule has 1 aliphatic rings. The van der Waals surface area contributed by atoms with Gasteiger partial charge in [-0.3, -0.25) is 9.69 Å². The van der Waals surface area contributed by atoms with Crippen molar-refractivity contribution in [3.63, 3.8) is 0 Å². The standard InChI is InChI=1S/C19H22N2O2/c22-15-21(17-10-5-2-6-11-17)19-18(12-7-13-20-19)23-14-16-8-3-1-4-9-16/h1,3-4,7-9,12-13,15,17H,2,5-6,10-11,14H2. The van der Waals surface area contributed by atoms with Gasteiger partial charge in [0.1, 0.15) is 6.61 Å². The average molecular weight is 310 g/mol. The number of nitrogens with zero attached hydrogens (tertiary/aromatic N) is 2. The van der Waals surface area contributed by atoms with Crippen LogP contribution in [0.15, 0.2) is 48.7 Å². The van der Waals surface area contributed by atoms with E-state index in [1.807, 2.05) is 42.5 Å². The van der Waals surface area contributed by atoms with Crippen molar-refractivity contribution in [1.29, 1.82) is 0 Å². The zero-order valence-electron chi connectivity index (χ0n) is 13.2. The SMILES string of the molecule is O=CN(c1ncccc1OCc1ccccc1)C1CCCCC1. The van der Waals surface area contributed by atoms with Crippen LogP contribution in [0.4, 0.5) is 5.82 Å². The van der Waals surface area contributed by atoms with Crippen molar-refractivity contribution in [3.05, 3.63) is 54.2 Å². The third kappa shape index (κ3) is 3.89. The number of carbonyl (C=O) groups is 1. The summed E-state index contributed by atoms with van der Waals surface area (Å²) in [6.07, 6.45) is 8.27. The maximum absolute atomic E-state index is 11.7. The molecule has 0 N–H and O–H groups in total. The average Bonchev–Trinajstić information content (AvgIpc) is 2.63. The largest absolute Gasteiger partial charge is 0.485 e. The van der Waals surface area contributed by atoms with Gasteiger partial charge in [-0.05, 0) is 30.5 Å². The number of pyridine rings is 1. The fourth-order valence-corrected chi connectivity index (χ4v) is 3.09. The smallest absolute Gasteiger partial charge is 0.215 e. The zero-order valence-corrected chi connectivity index (χ0v) is 13.2. The Morgan fingerprint density at radius 3 is 2.61 bits per heavy atom. The van der Waals surface area contributed by atoms with Crippen LogP contribution in [0, 0.1) is 0 Å². The summed E-state index contributed by atoms with van der Waals surface area (Å²) in [7, 11) is 0. The molecule has 4 nitrogen and oxygen atoms in total. The molecule has 1 fully saturated rings. The highest BCUT2D eigenvalue weighted by molar-refractivity contribution is 5.77. The van der Waals surface area contributed by atoms with E-state index in [4.69, 9.17) is 4.74 Å².